The van der Waals surface area contributed by atoms with Crippen molar-refractivity contribution in [3.8, 4) is 0 Å². The molecular weight excluding hydrogens is 473 g/mol. The van der Waals surface area contributed by atoms with Crippen LogP contribution < -0.4 is 5.32 Å². The molecule has 2 aromatic rings. The molecule has 2 rings (SSSR count). The van der Waals surface area contributed by atoms with Crippen LogP contribution in [0.2, 0.25) is 5.02 Å². The maximum Gasteiger partial charge on any atom is 0.0868 e. The van der Waals surface area contributed by atoms with E-state index in [2.05, 4.69) is 58.2 Å². The molecule has 1 N–H and O–H groups in total. The minimum atomic E-state index is 0.612. The van der Waals surface area contributed by atoms with Crippen molar-refractivity contribution in [3.63, 3.8) is 0 Å². The van der Waals surface area contributed by atoms with Gasteiger partial charge in [-0.3, -0.25) is 4.68 Å². The lowest BCUT2D eigenvalue weighted by atomic mass is 10.3. The summed E-state index contributed by atoms with van der Waals surface area (Å²) in [5.41, 5.74) is 2.90. The summed E-state index contributed by atoms with van der Waals surface area (Å²) >= 11 is 16.9. The summed E-state index contributed by atoms with van der Waals surface area (Å²) in [7, 11) is 1.91. The molecule has 1 aromatic heterocycles. The third-order valence-corrected chi connectivity index (χ3v) is 5.09. The molecule has 108 valence electrons. The van der Waals surface area contributed by atoms with E-state index in [1.165, 1.54) is 0 Å². The number of hydrogen-bond acceptors (Lipinski definition) is 2. The second kappa shape index (κ2) is 6.81. The molecule has 0 radical (unpaired) electrons. The lowest BCUT2D eigenvalue weighted by Gasteiger charge is -2.12. The number of halogens is 4. The van der Waals surface area contributed by atoms with Crippen LogP contribution in [0.1, 0.15) is 18.3 Å². The van der Waals surface area contributed by atoms with E-state index in [0.717, 1.165) is 41.9 Å². The average Bonchev–Trinajstić information content (AvgIpc) is 2.64. The molecule has 0 unspecified atom stereocenters. The zero-order valence-corrected chi connectivity index (χ0v) is 16.5. The van der Waals surface area contributed by atoms with Crippen LogP contribution in [0.4, 0.5) is 5.69 Å². The van der Waals surface area contributed by atoms with Gasteiger partial charge in [0.1, 0.15) is 0 Å². The Labute approximate surface area is 148 Å². The summed E-state index contributed by atoms with van der Waals surface area (Å²) in [6.45, 7) is 2.66. The Morgan fingerprint density at radius 3 is 2.35 bits per heavy atom. The van der Waals surface area contributed by atoms with Gasteiger partial charge in [0.05, 0.1) is 28.6 Å². The highest BCUT2D eigenvalue weighted by molar-refractivity contribution is 9.11. The van der Waals surface area contributed by atoms with Gasteiger partial charge in [0.25, 0.3) is 0 Å². The molecule has 0 atom stereocenters. The highest BCUT2D eigenvalue weighted by atomic mass is 79.9. The van der Waals surface area contributed by atoms with Crippen molar-refractivity contribution >= 4 is 65.1 Å². The molecule has 3 nitrogen and oxygen atoms in total. The van der Waals surface area contributed by atoms with E-state index in [0.29, 0.717) is 6.54 Å². The number of aromatic nitrogens is 2. The van der Waals surface area contributed by atoms with E-state index in [9.17, 15) is 0 Å². The van der Waals surface area contributed by atoms with E-state index in [-0.39, 0.29) is 0 Å². The summed E-state index contributed by atoms with van der Waals surface area (Å²) in [5.74, 6) is 0. The molecule has 0 spiro atoms. The predicted molar refractivity (Wildman–Crippen MR) is 94.5 cm³/mol. The largest absolute Gasteiger partial charge is 0.378 e. The summed E-state index contributed by atoms with van der Waals surface area (Å²) in [4.78, 5) is 0. The standard InChI is InChI=1S/C13H13Br3ClN3/c1-3-10-12(17)11(20(2)19-10)6-18-13-8(15)4-7(14)5-9(13)16/h4-5,18H,3,6H2,1-2H3. The summed E-state index contributed by atoms with van der Waals surface area (Å²) in [6.07, 6.45) is 0.832. The second-order valence-electron chi connectivity index (χ2n) is 4.28. The molecule has 0 bridgehead atoms. The summed E-state index contributed by atoms with van der Waals surface area (Å²) in [5, 5.41) is 8.54. The molecule has 1 heterocycles. The van der Waals surface area contributed by atoms with E-state index in [4.69, 9.17) is 11.6 Å². The number of nitrogens with one attached hydrogen (secondary N) is 1. The molecule has 0 saturated carbocycles. The molecule has 0 aliphatic rings. The van der Waals surface area contributed by atoms with Crippen molar-refractivity contribution in [2.24, 2.45) is 7.05 Å². The smallest absolute Gasteiger partial charge is 0.0868 e. The first kappa shape index (κ1) is 16.3. The Morgan fingerprint density at radius 2 is 1.85 bits per heavy atom. The van der Waals surface area contributed by atoms with E-state index < -0.39 is 0 Å². The molecule has 0 saturated heterocycles. The number of hydrogen-bond donors (Lipinski definition) is 1. The monoisotopic (exact) mass is 483 g/mol. The van der Waals surface area contributed by atoms with Crippen LogP contribution in [0.3, 0.4) is 0 Å². The fourth-order valence-corrected chi connectivity index (χ4v) is 4.79. The van der Waals surface area contributed by atoms with E-state index in [1.54, 1.807) is 0 Å². The minimum absolute atomic E-state index is 0.612. The predicted octanol–water partition coefficient (Wildman–Crippen LogP) is 5.54. The quantitative estimate of drug-likeness (QED) is 0.616. The molecule has 0 aliphatic heterocycles. The molecule has 1 aromatic carbocycles. The van der Waals surface area contributed by atoms with Crippen LogP contribution in [0.15, 0.2) is 25.6 Å². The van der Waals surface area contributed by atoms with Crippen LogP contribution in [0.25, 0.3) is 0 Å². The number of aryl methyl sites for hydroxylation is 2. The van der Waals surface area contributed by atoms with Crippen molar-refractivity contribution in [2.75, 3.05) is 5.32 Å². The maximum atomic E-state index is 6.35. The Bertz CT molecular complexity index is 617. The summed E-state index contributed by atoms with van der Waals surface area (Å²) < 4.78 is 4.80. The average molecular weight is 486 g/mol. The lowest BCUT2D eigenvalue weighted by Crippen LogP contribution is -2.06. The SMILES string of the molecule is CCc1nn(C)c(CNc2c(Br)cc(Br)cc2Br)c1Cl. The molecule has 20 heavy (non-hydrogen) atoms. The number of anilines is 1. The van der Waals surface area contributed by atoms with Crippen LogP contribution in [0, 0.1) is 0 Å². The zero-order valence-electron chi connectivity index (χ0n) is 11.0. The number of benzene rings is 1. The fraction of sp³-hybridized carbons (Fsp3) is 0.308. The third kappa shape index (κ3) is 3.40. The van der Waals surface area contributed by atoms with E-state index in [1.807, 2.05) is 30.8 Å². The first-order chi connectivity index (χ1) is 9.43. The Morgan fingerprint density at radius 1 is 1.25 bits per heavy atom. The Kier molecular flexibility index (Phi) is 5.56. The van der Waals surface area contributed by atoms with Crippen molar-refractivity contribution in [1.29, 1.82) is 0 Å². The fourth-order valence-electron chi connectivity index (χ4n) is 1.90. The summed E-state index contributed by atoms with van der Waals surface area (Å²) in [6, 6.07) is 3.99. The molecule has 0 aliphatic carbocycles. The van der Waals surface area contributed by atoms with Gasteiger partial charge in [-0.2, -0.15) is 5.10 Å². The van der Waals surface area contributed by atoms with E-state index >= 15 is 0 Å². The molecule has 0 fully saturated rings. The Hall–Kier alpha value is -0.0400. The van der Waals surface area contributed by atoms with Gasteiger partial charge < -0.3 is 5.32 Å². The highest BCUT2D eigenvalue weighted by Crippen LogP contribution is 2.35. The van der Waals surface area contributed by atoms with Crippen LogP contribution in [-0.4, -0.2) is 9.78 Å². The van der Waals surface area contributed by atoms with Crippen molar-refractivity contribution in [2.45, 2.75) is 19.9 Å². The topological polar surface area (TPSA) is 29.9 Å². The molecule has 7 heteroatoms. The third-order valence-electron chi connectivity index (χ3n) is 2.94. The molecule has 0 amide bonds. The van der Waals surface area contributed by atoms with Gasteiger partial charge >= 0.3 is 0 Å². The normalized spacial score (nSPS) is 10.9. The van der Waals surface area contributed by atoms with Crippen LogP contribution in [0.5, 0.6) is 0 Å². The minimum Gasteiger partial charge on any atom is -0.378 e. The van der Waals surface area contributed by atoms with Crippen LogP contribution in [-0.2, 0) is 20.0 Å². The van der Waals surface area contributed by atoms with Gasteiger partial charge in [-0.05, 0) is 50.4 Å². The van der Waals surface area contributed by atoms with Crippen molar-refractivity contribution < 1.29 is 0 Å². The first-order valence-corrected chi connectivity index (χ1v) is 8.78. The first-order valence-electron chi connectivity index (χ1n) is 6.02. The van der Waals surface area contributed by atoms with Gasteiger partial charge in [0, 0.05) is 20.5 Å². The van der Waals surface area contributed by atoms with Crippen LogP contribution >= 0.6 is 59.4 Å². The highest BCUT2D eigenvalue weighted by Gasteiger charge is 2.14. The van der Waals surface area contributed by atoms with Gasteiger partial charge in [0.2, 0.25) is 0 Å². The second-order valence-corrected chi connectivity index (χ2v) is 7.28. The van der Waals surface area contributed by atoms with Gasteiger partial charge in [-0.1, -0.05) is 34.5 Å². The van der Waals surface area contributed by atoms with Gasteiger partial charge in [-0.15, -0.1) is 0 Å². The van der Waals surface area contributed by atoms with Gasteiger partial charge in [-0.25, -0.2) is 0 Å². The Balaban J connectivity index is 2.24. The number of rotatable bonds is 4. The lowest BCUT2D eigenvalue weighted by molar-refractivity contribution is 0.707. The number of nitrogens with zero attached hydrogens (tertiary/aromatic N) is 2. The molecular formula is C13H13Br3ClN3. The zero-order chi connectivity index (χ0) is 14.9. The van der Waals surface area contributed by atoms with Crippen molar-refractivity contribution in [3.05, 3.63) is 42.0 Å². The maximum absolute atomic E-state index is 6.35. The van der Waals surface area contributed by atoms with Crippen molar-refractivity contribution in [1.82, 2.24) is 9.78 Å². The van der Waals surface area contributed by atoms with Gasteiger partial charge in [0.15, 0.2) is 0 Å².